The molecule has 1 unspecified atom stereocenters. The van der Waals surface area contributed by atoms with Gasteiger partial charge in [0, 0.05) is 29.4 Å². The number of nitriles is 1. The van der Waals surface area contributed by atoms with Gasteiger partial charge in [0.25, 0.3) is 0 Å². The Kier molecular flexibility index (Phi) is 5.66. The molecule has 0 spiro atoms. The molecule has 7 heteroatoms. The van der Waals surface area contributed by atoms with E-state index in [1.807, 2.05) is 6.07 Å². The summed E-state index contributed by atoms with van der Waals surface area (Å²) in [6.07, 6.45) is 2.11. The maximum atomic E-state index is 12.0. The van der Waals surface area contributed by atoms with Crippen molar-refractivity contribution in [3.8, 4) is 6.07 Å². The first-order valence-corrected chi connectivity index (χ1v) is 8.88. The molecule has 5 nitrogen and oxygen atoms in total. The summed E-state index contributed by atoms with van der Waals surface area (Å²) in [6, 6.07) is 6.36. The van der Waals surface area contributed by atoms with Gasteiger partial charge in [-0.15, -0.1) is 0 Å². The Labute approximate surface area is 116 Å². The second-order valence-electron chi connectivity index (χ2n) is 4.12. The van der Waals surface area contributed by atoms with Crippen LogP contribution < -0.4 is 4.72 Å². The number of sulfonamides is 1. The van der Waals surface area contributed by atoms with Gasteiger partial charge < -0.3 is 0 Å². The number of nitrogens with zero attached hydrogens (tertiary/aromatic N) is 1. The van der Waals surface area contributed by atoms with Gasteiger partial charge >= 0.3 is 0 Å². The summed E-state index contributed by atoms with van der Waals surface area (Å²) in [4.78, 5) is 0.140. The third-order valence-electron chi connectivity index (χ3n) is 2.53. The molecule has 0 heterocycles. The molecule has 0 aromatic heterocycles. The van der Waals surface area contributed by atoms with Crippen LogP contribution in [-0.2, 0) is 20.8 Å². The predicted octanol–water partition coefficient (Wildman–Crippen LogP) is 0.914. The third kappa shape index (κ3) is 4.74. The molecular weight excluding hydrogens is 284 g/mol. The average Bonchev–Trinajstić information content (AvgIpc) is 2.34. The first kappa shape index (κ1) is 15.8. The third-order valence-corrected chi connectivity index (χ3v) is 4.85. The van der Waals surface area contributed by atoms with Gasteiger partial charge in [0.1, 0.15) is 0 Å². The highest BCUT2D eigenvalue weighted by Gasteiger charge is 2.14. The van der Waals surface area contributed by atoms with Crippen molar-refractivity contribution in [1.82, 2.24) is 4.72 Å². The maximum absolute atomic E-state index is 12.0. The van der Waals surface area contributed by atoms with Crippen LogP contribution in [0.15, 0.2) is 23.1 Å². The van der Waals surface area contributed by atoms with Gasteiger partial charge in [-0.05, 0) is 37.1 Å². The van der Waals surface area contributed by atoms with Crippen LogP contribution >= 0.6 is 0 Å². The largest absolute Gasteiger partial charge is 0.260 e. The number of benzene rings is 1. The van der Waals surface area contributed by atoms with Crippen LogP contribution in [0.25, 0.3) is 0 Å². The standard InChI is InChI=1S/C12H16N2O3S2/c1-10-8-12(5-4-11(10)9-13)19(16,17)14-6-3-7-18(2)15/h4-5,8,14H,3,6-7H2,1-2H3. The lowest BCUT2D eigenvalue weighted by Gasteiger charge is -2.07. The van der Waals surface area contributed by atoms with Crippen molar-refractivity contribution in [2.75, 3.05) is 18.6 Å². The molecule has 104 valence electrons. The minimum absolute atomic E-state index is 0.140. The normalized spacial score (nSPS) is 12.9. The smallest absolute Gasteiger partial charge is 0.240 e. The van der Waals surface area contributed by atoms with Crippen molar-refractivity contribution < 1.29 is 12.6 Å². The Morgan fingerprint density at radius 2 is 2.11 bits per heavy atom. The second-order valence-corrected chi connectivity index (χ2v) is 7.44. The summed E-state index contributed by atoms with van der Waals surface area (Å²) < 4.78 is 37.2. The van der Waals surface area contributed by atoms with Gasteiger partial charge in [0.2, 0.25) is 10.0 Å². The van der Waals surface area contributed by atoms with Gasteiger partial charge in [-0.2, -0.15) is 5.26 Å². The summed E-state index contributed by atoms with van der Waals surface area (Å²) in [7, 11) is -4.48. The summed E-state index contributed by atoms with van der Waals surface area (Å²) in [6.45, 7) is 1.94. The minimum atomic E-state index is -3.56. The summed E-state index contributed by atoms with van der Waals surface area (Å²) >= 11 is 0. The lowest BCUT2D eigenvalue weighted by atomic mass is 10.1. The van der Waals surface area contributed by atoms with Gasteiger partial charge in [-0.1, -0.05) is 0 Å². The van der Waals surface area contributed by atoms with E-state index < -0.39 is 20.8 Å². The van der Waals surface area contributed by atoms with E-state index in [0.717, 1.165) is 0 Å². The molecule has 1 aromatic rings. The Morgan fingerprint density at radius 3 is 2.63 bits per heavy atom. The molecule has 1 atom stereocenters. The highest BCUT2D eigenvalue weighted by molar-refractivity contribution is 7.89. The molecule has 1 rings (SSSR count). The van der Waals surface area contributed by atoms with Crippen LogP contribution in [-0.4, -0.2) is 31.2 Å². The first-order chi connectivity index (χ1) is 8.86. The molecule has 0 amide bonds. The molecule has 0 saturated carbocycles. The first-order valence-electron chi connectivity index (χ1n) is 5.67. The summed E-state index contributed by atoms with van der Waals surface area (Å²) in [5.41, 5.74) is 1.08. The van der Waals surface area contributed by atoms with E-state index >= 15 is 0 Å². The van der Waals surface area contributed by atoms with Crippen LogP contribution in [0.4, 0.5) is 0 Å². The van der Waals surface area contributed by atoms with Gasteiger partial charge in [-0.25, -0.2) is 13.1 Å². The van der Waals surface area contributed by atoms with Crippen LogP contribution in [0.3, 0.4) is 0 Å². The van der Waals surface area contributed by atoms with Gasteiger partial charge in [0.05, 0.1) is 16.5 Å². The highest BCUT2D eigenvalue weighted by Crippen LogP contribution is 2.14. The van der Waals surface area contributed by atoms with Crippen molar-refractivity contribution in [3.63, 3.8) is 0 Å². The Morgan fingerprint density at radius 1 is 1.42 bits per heavy atom. The summed E-state index contributed by atoms with van der Waals surface area (Å²) in [5, 5.41) is 8.79. The molecule has 0 aliphatic carbocycles. The molecule has 0 aliphatic rings. The Bertz CT molecular complexity index is 618. The van der Waals surface area contributed by atoms with Crippen molar-refractivity contribution in [2.24, 2.45) is 0 Å². The average molecular weight is 300 g/mol. The molecular formula is C12H16N2O3S2. The topological polar surface area (TPSA) is 87.0 Å². The van der Waals surface area contributed by atoms with Gasteiger partial charge in [-0.3, -0.25) is 4.21 Å². The summed E-state index contributed by atoms with van der Waals surface area (Å²) in [5.74, 6) is 0.467. The zero-order valence-electron chi connectivity index (χ0n) is 10.8. The lowest BCUT2D eigenvalue weighted by Crippen LogP contribution is -2.25. The predicted molar refractivity (Wildman–Crippen MR) is 74.6 cm³/mol. The van der Waals surface area contributed by atoms with Crippen molar-refractivity contribution in [1.29, 1.82) is 5.26 Å². The van der Waals surface area contributed by atoms with E-state index in [2.05, 4.69) is 4.72 Å². The van der Waals surface area contributed by atoms with Crippen LogP contribution in [0, 0.1) is 18.3 Å². The van der Waals surface area contributed by atoms with Crippen LogP contribution in [0.1, 0.15) is 17.5 Å². The quantitative estimate of drug-likeness (QED) is 0.791. The second kappa shape index (κ2) is 6.80. The van der Waals surface area contributed by atoms with Crippen LogP contribution in [0.5, 0.6) is 0 Å². The van der Waals surface area contributed by atoms with E-state index in [9.17, 15) is 12.6 Å². The van der Waals surface area contributed by atoms with E-state index in [-0.39, 0.29) is 11.4 Å². The Hall–Kier alpha value is -1.23. The lowest BCUT2D eigenvalue weighted by molar-refractivity contribution is 0.580. The van der Waals surface area contributed by atoms with E-state index in [0.29, 0.717) is 23.3 Å². The molecule has 0 saturated heterocycles. The number of hydrogen-bond acceptors (Lipinski definition) is 4. The fourth-order valence-corrected chi connectivity index (χ4v) is 3.20. The molecule has 0 fully saturated rings. The van der Waals surface area contributed by atoms with E-state index in [4.69, 9.17) is 5.26 Å². The monoisotopic (exact) mass is 300 g/mol. The molecule has 19 heavy (non-hydrogen) atoms. The van der Waals surface area contributed by atoms with Crippen molar-refractivity contribution in [3.05, 3.63) is 29.3 Å². The van der Waals surface area contributed by atoms with Crippen molar-refractivity contribution in [2.45, 2.75) is 18.2 Å². The van der Waals surface area contributed by atoms with Crippen LogP contribution in [0.2, 0.25) is 0 Å². The zero-order valence-corrected chi connectivity index (χ0v) is 12.5. The van der Waals surface area contributed by atoms with Crippen molar-refractivity contribution >= 4 is 20.8 Å². The number of rotatable bonds is 6. The fourth-order valence-electron chi connectivity index (χ4n) is 1.49. The number of aryl methyl sites for hydroxylation is 1. The van der Waals surface area contributed by atoms with Gasteiger partial charge in [0.15, 0.2) is 0 Å². The maximum Gasteiger partial charge on any atom is 0.240 e. The number of nitrogens with one attached hydrogen (secondary N) is 1. The molecule has 1 N–H and O–H groups in total. The van der Waals surface area contributed by atoms with E-state index in [1.165, 1.54) is 18.2 Å². The molecule has 0 aliphatic heterocycles. The zero-order chi connectivity index (χ0) is 14.5. The Balaban J connectivity index is 2.75. The molecule has 1 aromatic carbocycles. The molecule has 0 radical (unpaired) electrons. The molecule has 0 bridgehead atoms. The SMILES string of the molecule is Cc1cc(S(=O)(=O)NCCCS(C)=O)ccc1C#N. The fraction of sp³-hybridized carbons (Fsp3) is 0.417. The minimum Gasteiger partial charge on any atom is -0.260 e. The van der Waals surface area contributed by atoms with E-state index in [1.54, 1.807) is 13.2 Å². The highest BCUT2D eigenvalue weighted by atomic mass is 32.2. The number of hydrogen-bond donors (Lipinski definition) is 1.